The number of halogens is 1. The van der Waals surface area contributed by atoms with Crippen molar-refractivity contribution >= 4 is 23.2 Å². The highest BCUT2D eigenvalue weighted by atomic mass is 35.5. The number of ether oxygens (including phenoxy) is 4. The van der Waals surface area contributed by atoms with E-state index in [1.165, 1.54) is 33.5 Å². The molecule has 134 valence electrons. The molecule has 0 amide bonds. The summed E-state index contributed by atoms with van der Waals surface area (Å²) >= 11 is 6.31. The van der Waals surface area contributed by atoms with Crippen LogP contribution in [0.25, 0.3) is 0 Å². The number of aliphatic hydroxyl groups excluding tert-OH is 1. The first-order valence-corrected chi connectivity index (χ1v) is 7.90. The highest BCUT2D eigenvalue weighted by Gasteiger charge is 2.61. The van der Waals surface area contributed by atoms with Crippen molar-refractivity contribution in [1.82, 2.24) is 0 Å². The molecule has 0 bridgehead atoms. The van der Waals surface area contributed by atoms with Crippen molar-refractivity contribution in [1.29, 1.82) is 0 Å². The topological polar surface area (TPSA) is 91.3 Å². The van der Waals surface area contributed by atoms with Crippen molar-refractivity contribution in [3.8, 4) is 17.2 Å². The van der Waals surface area contributed by atoms with Gasteiger partial charge in [0, 0.05) is 24.5 Å². The molecule has 0 saturated carbocycles. The summed E-state index contributed by atoms with van der Waals surface area (Å²) in [7, 11) is 4.16. The molecule has 0 aromatic heterocycles. The van der Waals surface area contributed by atoms with Gasteiger partial charge < -0.3 is 24.1 Å². The summed E-state index contributed by atoms with van der Waals surface area (Å²) in [4.78, 5) is 25.2. The van der Waals surface area contributed by atoms with Gasteiger partial charge in [-0.1, -0.05) is 11.6 Å². The molecule has 0 saturated heterocycles. The van der Waals surface area contributed by atoms with E-state index in [1.54, 1.807) is 0 Å². The zero-order chi connectivity index (χ0) is 18.4. The maximum Gasteiger partial charge on any atom is 0.233 e. The fourth-order valence-electron chi connectivity index (χ4n) is 3.34. The summed E-state index contributed by atoms with van der Waals surface area (Å²) < 4.78 is 21.7. The number of fused-ring (bicyclic) bond motifs is 1. The van der Waals surface area contributed by atoms with Crippen LogP contribution < -0.4 is 14.2 Å². The van der Waals surface area contributed by atoms with Crippen LogP contribution in [0.5, 0.6) is 17.2 Å². The average Bonchev–Trinajstić information content (AvgIpc) is 2.92. The predicted molar refractivity (Wildman–Crippen MR) is 87.5 cm³/mol. The predicted octanol–water partition coefficient (Wildman–Crippen LogP) is 1.78. The molecule has 2 aliphatic rings. The lowest BCUT2D eigenvalue weighted by Crippen LogP contribution is -2.53. The first-order chi connectivity index (χ1) is 11.9. The van der Waals surface area contributed by atoms with Gasteiger partial charge in [0.15, 0.2) is 17.3 Å². The Morgan fingerprint density at radius 1 is 1.24 bits per heavy atom. The van der Waals surface area contributed by atoms with Gasteiger partial charge in [0.05, 0.1) is 27.9 Å². The number of ketones is 2. The SMILES string of the molecule is COC1=CC(=O)C[C@@H](CO)[C@]12Oc1c(Cl)c(OC)cc(OC)c1C2=O. The molecule has 1 heterocycles. The van der Waals surface area contributed by atoms with Gasteiger partial charge in [0.1, 0.15) is 22.1 Å². The highest BCUT2D eigenvalue weighted by Crippen LogP contribution is 2.54. The van der Waals surface area contributed by atoms with Crippen molar-refractivity contribution in [2.75, 3.05) is 27.9 Å². The summed E-state index contributed by atoms with van der Waals surface area (Å²) in [5.74, 6) is -0.945. The van der Waals surface area contributed by atoms with Gasteiger partial charge in [-0.3, -0.25) is 9.59 Å². The van der Waals surface area contributed by atoms with Gasteiger partial charge in [-0.15, -0.1) is 0 Å². The molecule has 1 aliphatic carbocycles. The Morgan fingerprint density at radius 2 is 1.92 bits per heavy atom. The molecule has 1 aliphatic heterocycles. The van der Waals surface area contributed by atoms with E-state index >= 15 is 0 Å². The number of aliphatic hydroxyl groups is 1. The van der Waals surface area contributed by atoms with E-state index in [2.05, 4.69) is 0 Å². The van der Waals surface area contributed by atoms with Gasteiger partial charge in [-0.05, 0) is 0 Å². The summed E-state index contributed by atoms with van der Waals surface area (Å²) in [5, 5.41) is 9.89. The minimum Gasteiger partial charge on any atom is -0.496 e. The summed E-state index contributed by atoms with van der Waals surface area (Å²) in [6.07, 6.45) is 1.16. The molecule has 0 unspecified atom stereocenters. The Kier molecular flexibility index (Phi) is 4.38. The molecule has 0 radical (unpaired) electrons. The van der Waals surface area contributed by atoms with Crippen molar-refractivity contribution < 1.29 is 33.6 Å². The van der Waals surface area contributed by atoms with Crippen LogP contribution >= 0.6 is 11.6 Å². The van der Waals surface area contributed by atoms with E-state index < -0.39 is 23.9 Å². The number of methoxy groups -OCH3 is 3. The Hall–Kier alpha value is -2.25. The van der Waals surface area contributed by atoms with E-state index in [4.69, 9.17) is 30.5 Å². The fraction of sp³-hybridized carbons (Fsp3) is 0.412. The minimum absolute atomic E-state index is 0.0288. The number of Topliss-reactive ketones (excluding diaryl/α,β-unsaturated/α-hetero) is 1. The Balaban J connectivity index is 2.27. The number of hydrogen-bond acceptors (Lipinski definition) is 7. The number of carbonyl (C=O) groups excluding carboxylic acids is 2. The van der Waals surface area contributed by atoms with Gasteiger partial charge in [0.2, 0.25) is 11.4 Å². The molecule has 3 rings (SSSR count). The monoisotopic (exact) mass is 368 g/mol. The zero-order valence-electron chi connectivity index (χ0n) is 13.9. The van der Waals surface area contributed by atoms with Crippen LogP contribution in [0, 0.1) is 5.92 Å². The van der Waals surface area contributed by atoms with E-state index in [-0.39, 0.29) is 45.8 Å². The van der Waals surface area contributed by atoms with Gasteiger partial charge >= 0.3 is 0 Å². The second-order valence-corrected chi connectivity index (χ2v) is 6.11. The number of benzene rings is 1. The van der Waals surface area contributed by atoms with Gasteiger partial charge in [-0.25, -0.2) is 0 Å². The number of carbonyl (C=O) groups is 2. The van der Waals surface area contributed by atoms with E-state index in [1.807, 2.05) is 0 Å². The Morgan fingerprint density at radius 3 is 2.48 bits per heavy atom. The third-order valence-electron chi connectivity index (χ3n) is 4.54. The summed E-state index contributed by atoms with van der Waals surface area (Å²) in [5.41, 5.74) is -1.53. The van der Waals surface area contributed by atoms with Crippen LogP contribution in [0.4, 0.5) is 0 Å². The first-order valence-electron chi connectivity index (χ1n) is 7.52. The van der Waals surface area contributed by atoms with Crippen LogP contribution in [0.15, 0.2) is 17.9 Å². The molecule has 1 aromatic carbocycles. The quantitative estimate of drug-likeness (QED) is 0.866. The second-order valence-electron chi connectivity index (χ2n) is 5.73. The highest BCUT2D eigenvalue weighted by molar-refractivity contribution is 6.35. The van der Waals surface area contributed by atoms with Gasteiger partial charge in [0.25, 0.3) is 0 Å². The normalized spacial score (nSPS) is 24.7. The van der Waals surface area contributed by atoms with E-state index in [0.717, 1.165) is 0 Å². The maximum absolute atomic E-state index is 13.3. The van der Waals surface area contributed by atoms with Crippen LogP contribution in [0.1, 0.15) is 16.8 Å². The Labute approximate surface area is 149 Å². The van der Waals surface area contributed by atoms with Crippen molar-refractivity contribution in [3.05, 3.63) is 28.5 Å². The molecule has 1 aromatic rings. The molecule has 7 nitrogen and oxygen atoms in total. The van der Waals surface area contributed by atoms with Crippen LogP contribution in [0.3, 0.4) is 0 Å². The molecule has 0 fully saturated rings. The Bertz CT molecular complexity index is 786. The largest absolute Gasteiger partial charge is 0.496 e. The molecular formula is C17H17ClO7. The van der Waals surface area contributed by atoms with Crippen LogP contribution in [-0.4, -0.2) is 50.2 Å². The first kappa shape index (κ1) is 17.6. The number of allylic oxidation sites excluding steroid dienone is 1. The summed E-state index contributed by atoms with van der Waals surface area (Å²) in [6, 6.07) is 1.49. The lowest BCUT2D eigenvalue weighted by Gasteiger charge is -2.37. The molecule has 8 heteroatoms. The average molecular weight is 369 g/mol. The van der Waals surface area contributed by atoms with Crippen molar-refractivity contribution in [2.45, 2.75) is 12.0 Å². The third kappa shape index (κ3) is 2.30. The van der Waals surface area contributed by atoms with Crippen LogP contribution in [0.2, 0.25) is 5.02 Å². The third-order valence-corrected chi connectivity index (χ3v) is 4.90. The molecular weight excluding hydrogens is 352 g/mol. The zero-order valence-corrected chi connectivity index (χ0v) is 14.7. The van der Waals surface area contributed by atoms with E-state index in [9.17, 15) is 14.7 Å². The van der Waals surface area contributed by atoms with Crippen molar-refractivity contribution in [3.63, 3.8) is 0 Å². The molecule has 1 N–H and O–H groups in total. The van der Waals surface area contributed by atoms with Crippen LogP contribution in [-0.2, 0) is 9.53 Å². The minimum atomic E-state index is -1.66. The molecule has 2 atom stereocenters. The van der Waals surface area contributed by atoms with Crippen molar-refractivity contribution in [2.24, 2.45) is 5.92 Å². The maximum atomic E-state index is 13.3. The lowest BCUT2D eigenvalue weighted by molar-refractivity contribution is -0.119. The standard InChI is InChI=1S/C17H17ClO7/c1-22-10-6-11(23-2)14(18)15-13(10)16(21)17(25-15)8(7-19)4-9(20)5-12(17)24-3/h5-6,8,19H,4,7H2,1-3H3/t8-,17-/m0/s1. The number of rotatable bonds is 4. The fourth-order valence-corrected chi connectivity index (χ4v) is 3.60. The summed E-state index contributed by atoms with van der Waals surface area (Å²) in [6.45, 7) is -0.441. The second kappa shape index (κ2) is 6.24. The number of hydrogen-bond donors (Lipinski definition) is 1. The smallest absolute Gasteiger partial charge is 0.233 e. The molecule has 1 spiro atoms. The lowest BCUT2D eigenvalue weighted by atomic mass is 9.75. The van der Waals surface area contributed by atoms with Gasteiger partial charge in [-0.2, -0.15) is 0 Å². The molecule has 25 heavy (non-hydrogen) atoms. The van der Waals surface area contributed by atoms with E-state index in [0.29, 0.717) is 0 Å².